The highest BCUT2D eigenvalue weighted by molar-refractivity contribution is 5.12. The van der Waals surface area contributed by atoms with Crippen LogP contribution in [0.3, 0.4) is 0 Å². The fourth-order valence-corrected chi connectivity index (χ4v) is 0.728. The van der Waals surface area contributed by atoms with Crippen LogP contribution in [0.2, 0.25) is 0 Å². The van der Waals surface area contributed by atoms with Gasteiger partial charge in [0.05, 0.1) is 18.6 Å². The summed E-state index contributed by atoms with van der Waals surface area (Å²) in [4.78, 5) is 0. The van der Waals surface area contributed by atoms with Gasteiger partial charge >= 0.3 is 0 Å². The van der Waals surface area contributed by atoms with Crippen molar-refractivity contribution >= 4 is 0 Å². The molecule has 1 rings (SSSR count). The summed E-state index contributed by atoms with van der Waals surface area (Å²) in [5.41, 5.74) is 0. The van der Waals surface area contributed by atoms with E-state index in [0.717, 1.165) is 12.8 Å². The van der Waals surface area contributed by atoms with Crippen LogP contribution >= 0.6 is 0 Å². The highest BCUT2D eigenvalue weighted by Gasteiger charge is 1.84. The Morgan fingerprint density at radius 3 is 3.00 bits per heavy atom. The van der Waals surface area contributed by atoms with E-state index in [1.165, 1.54) is 0 Å². The van der Waals surface area contributed by atoms with Gasteiger partial charge in [-0.2, -0.15) is 0 Å². The second-order valence-corrected chi connectivity index (χ2v) is 1.99. The van der Waals surface area contributed by atoms with E-state index in [-0.39, 0.29) is 0 Å². The predicted molar refractivity (Wildman–Crippen MR) is 41.0 cm³/mol. The lowest BCUT2D eigenvalue weighted by Gasteiger charge is -1.76. The topological polar surface area (TPSA) is 0 Å². The first kappa shape index (κ1) is 6.21. The van der Waals surface area contributed by atoms with Crippen LogP contribution in [0.1, 0.15) is 12.8 Å². The summed E-state index contributed by atoms with van der Waals surface area (Å²) in [6.07, 6.45) is 17.0. The SMILES string of the molecule is C1=C\[CH+]C/C=C\C\C=C/1. The average Bonchev–Trinajstić information content (AvgIpc) is 2.00. The summed E-state index contributed by atoms with van der Waals surface area (Å²) in [5.74, 6) is 0. The van der Waals surface area contributed by atoms with Crippen LogP contribution < -0.4 is 0 Å². The summed E-state index contributed by atoms with van der Waals surface area (Å²) in [7, 11) is 0. The molecule has 9 heavy (non-hydrogen) atoms. The highest BCUT2D eigenvalue weighted by atomic mass is 13.8. The van der Waals surface area contributed by atoms with Gasteiger partial charge in [0, 0.05) is 12.5 Å². The molecule has 0 aromatic rings. The van der Waals surface area contributed by atoms with Crippen molar-refractivity contribution in [2.45, 2.75) is 12.8 Å². The fraction of sp³-hybridized carbons (Fsp3) is 0.222. The minimum absolute atomic E-state index is 1.07. The van der Waals surface area contributed by atoms with Crippen LogP contribution in [-0.4, -0.2) is 0 Å². The molecule has 0 fully saturated rings. The van der Waals surface area contributed by atoms with Gasteiger partial charge in [-0.25, -0.2) is 0 Å². The molecular weight excluding hydrogens is 108 g/mol. The van der Waals surface area contributed by atoms with Crippen molar-refractivity contribution in [2.24, 2.45) is 0 Å². The molecular formula is C9H11+. The largest absolute Gasteiger partial charge is 0.0943 e. The minimum atomic E-state index is 1.07. The zero-order chi connectivity index (χ0) is 6.36. The first-order valence-electron chi connectivity index (χ1n) is 3.30. The molecule has 0 amide bonds. The lowest BCUT2D eigenvalue weighted by Crippen LogP contribution is -1.62. The molecule has 0 unspecified atom stereocenters. The molecule has 0 saturated heterocycles. The van der Waals surface area contributed by atoms with E-state index < -0.39 is 0 Å². The first-order chi connectivity index (χ1) is 4.50. The molecule has 0 heterocycles. The molecule has 0 spiro atoms. The molecule has 0 aromatic heterocycles. The number of rotatable bonds is 0. The predicted octanol–water partition coefficient (Wildman–Crippen LogP) is 2.65. The molecule has 0 aliphatic heterocycles. The lowest BCUT2D eigenvalue weighted by atomic mass is 10.3. The Morgan fingerprint density at radius 2 is 2.00 bits per heavy atom. The maximum atomic E-state index is 2.18. The monoisotopic (exact) mass is 119 g/mol. The Morgan fingerprint density at radius 1 is 1.00 bits per heavy atom. The zero-order valence-electron chi connectivity index (χ0n) is 5.46. The van der Waals surface area contributed by atoms with Crippen LogP contribution in [0.25, 0.3) is 0 Å². The summed E-state index contributed by atoms with van der Waals surface area (Å²) < 4.78 is 0. The molecule has 0 aromatic carbocycles. The van der Waals surface area contributed by atoms with Crippen molar-refractivity contribution < 1.29 is 0 Å². The van der Waals surface area contributed by atoms with Crippen molar-refractivity contribution in [3.8, 4) is 0 Å². The Labute approximate surface area is 56.6 Å². The molecule has 0 bridgehead atoms. The third-order valence-corrected chi connectivity index (χ3v) is 1.21. The number of hydrogen-bond acceptors (Lipinski definition) is 0. The zero-order valence-corrected chi connectivity index (χ0v) is 5.46. The smallest absolute Gasteiger partial charge is 0.0826 e. The van der Waals surface area contributed by atoms with E-state index in [2.05, 4.69) is 42.9 Å². The fourth-order valence-electron chi connectivity index (χ4n) is 0.728. The molecule has 0 N–H and O–H groups in total. The van der Waals surface area contributed by atoms with Gasteiger partial charge in [-0.15, -0.1) is 0 Å². The number of hydrogen-bond donors (Lipinski definition) is 0. The van der Waals surface area contributed by atoms with Crippen LogP contribution in [0.5, 0.6) is 0 Å². The van der Waals surface area contributed by atoms with Crippen molar-refractivity contribution in [1.82, 2.24) is 0 Å². The van der Waals surface area contributed by atoms with E-state index in [9.17, 15) is 0 Å². The van der Waals surface area contributed by atoms with Crippen molar-refractivity contribution in [1.29, 1.82) is 0 Å². The summed E-state index contributed by atoms with van der Waals surface area (Å²) in [6.45, 7) is 0. The molecule has 46 valence electrons. The lowest BCUT2D eigenvalue weighted by molar-refractivity contribution is 1.26. The van der Waals surface area contributed by atoms with Gasteiger partial charge in [-0.05, 0) is 6.42 Å². The normalized spacial score (nSPS) is 28.4. The molecule has 0 nitrogen and oxygen atoms in total. The second-order valence-electron chi connectivity index (χ2n) is 1.99. The third-order valence-electron chi connectivity index (χ3n) is 1.21. The number of allylic oxidation sites excluding steroid dienone is 6. The van der Waals surface area contributed by atoms with Crippen molar-refractivity contribution in [3.63, 3.8) is 0 Å². The van der Waals surface area contributed by atoms with Gasteiger partial charge in [-0.3, -0.25) is 0 Å². The highest BCUT2D eigenvalue weighted by Crippen LogP contribution is 1.97. The summed E-state index contributed by atoms with van der Waals surface area (Å²) in [5, 5.41) is 0. The average molecular weight is 119 g/mol. The summed E-state index contributed by atoms with van der Waals surface area (Å²) >= 11 is 0. The molecule has 1 aliphatic rings. The molecule has 0 radical (unpaired) electrons. The quantitative estimate of drug-likeness (QED) is 0.339. The van der Waals surface area contributed by atoms with E-state index in [0.29, 0.717) is 0 Å². The molecule has 1 aliphatic carbocycles. The maximum Gasteiger partial charge on any atom is 0.0943 e. The van der Waals surface area contributed by atoms with Gasteiger partial charge < -0.3 is 0 Å². The van der Waals surface area contributed by atoms with E-state index in [1.54, 1.807) is 0 Å². The minimum Gasteiger partial charge on any atom is -0.0826 e. The molecule has 0 heteroatoms. The van der Waals surface area contributed by atoms with Gasteiger partial charge in [0.2, 0.25) is 0 Å². The first-order valence-corrected chi connectivity index (χ1v) is 3.30. The Hall–Kier alpha value is -0.910. The Bertz CT molecular complexity index is 138. The van der Waals surface area contributed by atoms with Gasteiger partial charge in [0.1, 0.15) is 0 Å². The van der Waals surface area contributed by atoms with Crippen LogP contribution in [0.4, 0.5) is 0 Å². The van der Waals surface area contributed by atoms with E-state index in [4.69, 9.17) is 0 Å². The second kappa shape index (κ2) is 4.02. The summed E-state index contributed by atoms with van der Waals surface area (Å²) in [6, 6.07) is 0. The van der Waals surface area contributed by atoms with Crippen molar-refractivity contribution in [3.05, 3.63) is 42.9 Å². The van der Waals surface area contributed by atoms with Gasteiger partial charge in [0.15, 0.2) is 0 Å². The van der Waals surface area contributed by atoms with E-state index in [1.807, 2.05) is 0 Å². The standard InChI is InChI=1S/C9H11/c1-2-4-6-8-9-7-5-3-1/h1-5,8-9H,6-7H2/q+1/b2-1-,5-3-,9-8-. The third kappa shape index (κ3) is 2.81. The molecule has 0 atom stereocenters. The van der Waals surface area contributed by atoms with Gasteiger partial charge in [0.25, 0.3) is 0 Å². The maximum absolute atomic E-state index is 2.18. The van der Waals surface area contributed by atoms with Gasteiger partial charge in [-0.1, -0.05) is 18.2 Å². The van der Waals surface area contributed by atoms with E-state index >= 15 is 0 Å². The Kier molecular flexibility index (Phi) is 2.77. The van der Waals surface area contributed by atoms with Crippen LogP contribution in [0.15, 0.2) is 36.5 Å². The van der Waals surface area contributed by atoms with Crippen LogP contribution in [-0.2, 0) is 0 Å². The Balaban J connectivity index is 2.43. The van der Waals surface area contributed by atoms with Crippen LogP contribution in [0, 0.1) is 6.42 Å². The molecule has 0 saturated carbocycles. The van der Waals surface area contributed by atoms with Crippen molar-refractivity contribution in [2.75, 3.05) is 0 Å².